The van der Waals surface area contributed by atoms with E-state index in [1.807, 2.05) is 6.07 Å². The summed E-state index contributed by atoms with van der Waals surface area (Å²) in [5.74, 6) is -1.60. The second kappa shape index (κ2) is 9.34. The fourth-order valence-electron chi connectivity index (χ4n) is 3.35. The number of hydrogen-bond acceptors (Lipinski definition) is 5. The summed E-state index contributed by atoms with van der Waals surface area (Å²) < 4.78 is 33.5. The van der Waals surface area contributed by atoms with Crippen LogP contribution in [0.5, 0.6) is 0 Å². The van der Waals surface area contributed by atoms with Gasteiger partial charge in [-0.3, -0.25) is 14.6 Å². The van der Waals surface area contributed by atoms with Crippen LogP contribution in [-0.2, 0) is 16.0 Å². The molecular weight excluding hydrogens is 432 g/mol. The maximum atomic E-state index is 14.2. The lowest BCUT2D eigenvalue weighted by Crippen LogP contribution is -2.43. The van der Waals surface area contributed by atoms with E-state index in [4.69, 9.17) is 16.3 Å². The van der Waals surface area contributed by atoms with E-state index in [-0.39, 0.29) is 17.8 Å². The Labute approximate surface area is 181 Å². The monoisotopic (exact) mass is 451 g/mol. The number of benzene rings is 2. The fourth-order valence-corrected chi connectivity index (χ4v) is 4.61. The topological polar surface area (TPSA) is 45.7 Å². The Hall–Kier alpha value is -2.13. The van der Waals surface area contributed by atoms with Gasteiger partial charge in [0, 0.05) is 37.3 Å². The molecule has 5 nitrogen and oxygen atoms in total. The van der Waals surface area contributed by atoms with Crippen LogP contribution < -0.4 is 4.90 Å². The number of aromatic nitrogens is 1. The van der Waals surface area contributed by atoms with Crippen molar-refractivity contribution in [1.29, 1.82) is 0 Å². The molecule has 0 radical (unpaired) electrons. The number of nitrogens with zero attached hydrogens (tertiary/aromatic N) is 3. The lowest BCUT2D eigenvalue weighted by atomic mass is 10.1. The van der Waals surface area contributed by atoms with Crippen molar-refractivity contribution in [1.82, 2.24) is 9.88 Å². The molecule has 158 valence electrons. The van der Waals surface area contributed by atoms with Gasteiger partial charge in [-0.05, 0) is 17.7 Å². The summed E-state index contributed by atoms with van der Waals surface area (Å²) in [4.78, 5) is 21.2. The highest BCUT2D eigenvalue weighted by atomic mass is 35.5. The molecule has 2 heterocycles. The van der Waals surface area contributed by atoms with Crippen molar-refractivity contribution >= 4 is 44.2 Å². The Bertz CT molecular complexity index is 1060. The van der Waals surface area contributed by atoms with Crippen LogP contribution in [0.2, 0.25) is 5.02 Å². The highest BCUT2D eigenvalue weighted by molar-refractivity contribution is 7.22. The molecule has 0 spiro atoms. The van der Waals surface area contributed by atoms with E-state index in [0.717, 1.165) is 30.5 Å². The molecule has 0 saturated carbocycles. The average molecular weight is 452 g/mol. The van der Waals surface area contributed by atoms with E-state index in [0.29, 0.717) is 46.7 Å². The Morgan fingerprint density at radius 2 is 2.00 bits per heavy atom. The van der Waals surface area contributed by atoms with Crippen molar-refractivity contribution in [2.45, 2.75) is 6.42 Å². The van der Waals surface area contributed by atoms with E-state index in [1.54, 1.807) is 23.1 Å². The molecule has 2 aromatic carbocycles. The number of fused-ring (bicyclic) bond motifs is 1. The lowest BCUT2D eigenvalue weighted by Gasteiger charge is -2.29. The molecule has 1 amide bonds. The third kappa shape index (κ3) is 4.78. The molecular formula is C21H20ClF2N3O2S. The first-order valence-electron chi connectivity index (χ1n) is 9.61. The smallest absolute Gasteiger partial charge is 0.233 e. The number of carbonyl (C=O) groups is 1. The van der Waals surface area contributed by atoms with Gasteiger partial charge in [-0.15, -0.1) is 0 Å². The molecule has 1 fully saturated rings. The number of ether oxygens (including phenoxy) is 1. The van der Waals surface area contributed by atoms with Crippen molar-refractivity contribution in [2.75, 3.05) is 44.3 Å². The molecule has 30 heavy (non-hydrogen) atoms. The van der Waals surface area contributed by atoms with E-state index in [9.17, 15) is 13.6 Å². The summed E-state index contributed by atoms with van der Waals surface area (Å²) in [6.07, 6.45) is 0.0928. The van der Waals surface area contributed by atoms with E-state index in [1.165, 1.54) is 6.07 Å². The van der Waals surface area contributed by atoms with Crippen LogP contribution in [0, 0.1) is 11.6 Å². The first-order valence-corrected chi connectivity index (χ1v) is 10.8. The first-order chi connectivity index (χ1) is 14.5. The van der Waals surface area contributed by atoms with Gasteiger partial charge in [-0.25, -0.2) is 13.8 Å². The number of anilines is 1. The second-order valence-corrected chi connectivity index (χ2v) is 8.41. The molecule has 4 rings (SSSR count). The summed E-state index contributed by atoms with van der Waals surface area (Å²) >= 11 is 7.32. The number of amides is 1. The number of carbonyl (C=O) groups excluding carboxylic acids is 1. The molecule has 0 unspecified atom stereocenters. The van der Waals surface area contributed by atoms with Crippen molar-refractivity contribution in [3.63, 3.8) is 0 Å². The van der Waals surface area contributed by atoms with E-state index >= 15 is 0 Å². The number of rotatable bonds is 6. The maximum Gasteiger partial charge on any atom is 0.233 e. The minimum atomic E-state index is -0.737. The highest BCUT2D eigenvalue weighted by Gasteiger charge is 2.23. The predicted molar refractivity (Wildman–Crippen MR) is 114 cm³/mol. The molecule has 1 aliphatic heterocycles. The van der Waals surface area contributed by atoms with Crippen molar-refractivity contribution in [3.05, 3.63) is 58.6 Å². The van der Waals surface area contributed by atoms with E-state index in [2.05, 4.69) is 9.88 Å². The molecule has 0 N–H and O–H groups in total. The number of hydrogen-bond donors (Lipinski definition) is 0. The van der Waals surface area contributed by atoms with Crippen LogP contribution in [-0.4, -0.2) is 55.2 Å². The van der Waals surface area contributed by atoms with Crippen LogP contribution in [0.1, 0.15) is 5.56 Å². The summed E-state index contributed by atoms with van der Waals surface area (Å²) in [6.45, 7) is 3.88. The van der Waals surface area contributed by atoms with Crippen molar-refractivity contribution < 1.29 is 18.3 Å². The van der Waals surface area contributed by atoms with Gasteiger partial charge in [-0.1, -0.05) is 41.1 Å². The number of halogens is 3. The van der Waals surface area contributed by atoms with Crippen molar-refractivity contribution in [2.24, 2.45) is 0 Å². The molecule has 1 aliphatic rings. The molecule has 0 bridgehead atoms. The minimum Gasteiger partial charge on any atom is -0.379 e. The number of morpholine rings is 1. The van der Waals surface area contributed by atoms with Gasteiger partial charge >= 0.3 is 0 Å². The van der Waals surface area contributed by atoms with Gasteiger partial charge in [0.1, 0.15) is 11.3 Å². The molecule has 9 heteroatoms. The standard InChI is InChI=1S/C21H20ClF2N3O2S/c22-16-4-2-1-3-14(16)11-19(28)27(6-5-26-7-9-29-10-8-26)21-25-20-17(24)12-15(23)13-18(20)30-21/h1-4,12-13H,5-11H2. The molecule has 1 aromatic heterocycles. The SMILES string of the molecule is O=C(Cc1ccccc1Cl)N(CCN1CCOCC1)c1nc2c(F)cc(F)cc2s1. The second-order valence-electron chi connectivity index (χ2n) is 7.00. The fraction of sp³-hybridized carbons (Fsp3) is 0.333. The Morgan fingerprint density at radius 1 is 1.23 bits per heavy atom. The number of thiazole rings is 1. The summed E-state index contributed by atoms with van der Waals surface area (Å²) in [7, 11) is 0. The largest absolute Gasteiger partial charge is 0.379 e. The first kappa shape index (κ1) is 21.1. The predicted octanol–water partition coefficient (Wildman–Crippen LogP) is 4.14. The molecule has 1 saturated heterocycles. The normalized spacial score (nSPS) is 14.9. The zero-order chi connectivity index (χ0) is 21.1. The summed E-state index contributed by atoms with van der Waals surface area (Å²) in [5.41, 5.74) is 0.775. The summed E-state index contributed by atoms with van der Waals surface area (Å²) in [5, 5.41) is 0.858. The van der Waals surface area contributed by atoms with Crippen LogP contribution in [0.4, 0.5) is 13.9 Å². The lowest BCUT2D eigenvalue weighted by molar-refractivity contribution is -0.118. The van der Waals surface area contributed by atoms with Crippen molar-refractivity contribution in [3.8, 4) is 0 Å². The average Bonchev–Trinajstić information content (AvgIpc) is 3.14. The van der Waals surface area contributed by atoms with Gasteiger partial charge < -0.3 is 4.74 Å². The Morgan fingerprint density at radius 3 is 2.77 bits per heavy atom. The third-order valence-corrected chi connectivity index (χ3v) is 6.37. The maximum absolute atomic E-state index is 14.2. The van der Waals surface area contributed by atoms with Crippen LogP contribution in [0.3, 0.4) is 0 Å². The highest BCUT2D eigenvalue weighted by Crippen LogP contribution is 2.31. The van der Waals surface area contributed by atoms with Crippen LogP contribution in [0.25, 0.3) is 10.2 Å². The van der Waals surface area contributed by atoms with Gasteiger partial charge in [0.15, 0.2) is 10.9 Å². The third-order valence-electron chi connectivity index (χ3n) is 4.98. The molecule has 3 aromatic rings. The Kier molecular flexibility index (Phi) is 6.58. The minimum absolute atomic E-state index is 0.0679. The van der Waals surface area contributed by atoms with Gasteiger partial charge in [0.05, 0.1) is 24.3 Å². The van der Waals surface area contributed by atoms with Gasteiger partial charge in [0.2, 0.25) is 5.91 Å². The zero-order valence-corrected chi connectivity index (χ0v) is 17.7. The van der Waals surface area contributed by atoms with E-state index < -0.39 is 11.6 Å². The van der Waals surface area contributed by atoms with Gasteiger partial charge in [0.25, 0.3) is 0 Å². The molecule has 0 atom stereocenters. The van der Waals surface area contributed by atoms with Crippen LogP contribution >= 0.6 is 22.9 Å². The van der Waals surface area contributed by atoms with Gasteiger partial charge in [-0.2, -0.15) is 0 Å². The summed E-state index contributed by atoms with van der Waals surface area (Å²) in [6, 6.07) is 9.19. The Balaban J connectivity index is 1.61. The quantitative estimate of drug-likeness (QED) is 0.565. The van der Waals surface area contributed by atoms with Crippen LogP contribution in [0.15, 0.2) is 36.4 Å². The molecule has 0 aliphatic carbocycles. The zero-order valence-electron chi connectivity index (χ0n) is 16.1.